The molecule has 2 aromatic rings. The van der Waals surface area contributed by atoms with Gasteiger partial charge >= 0.3 is 0 Å². The van der Waals surface area contributed by atoms with Crippen LogP contribution in [0.1, 0.15) is 25.3 Å². The molecule has 29 heavy (non-hydrogen) atoms. The van der Waals surface area contributed by atoms with Crippen molar-refractivity contribution in [3.05, 3.63) is 48.0 Å². The molecule has 2 rings (SSSR count). The average Bonchev–Trinajstić information content (AvgIpc) is 2.73. The molecule has 8 heteroatoms. The van der Waals surface area contributed by atoms with Crippen LogP contribution in [0.5, 0.6) is 17.2 Å². The lowest BCUT2D eigenvalue weighted by Crippen LogP contribution is -2.20. The number of nitrogens with zero attached hydrogens (tertiary/aromatic N) is 1. The summed E-state index contributed by atoms with van der Waals surface area (Å²) in [6.45, 7) is 2.33. The van der Waals surface area contributed by atoms with Crippen LogP contribution < -0.4 is 25.0 Å². The summed E-state index contributed by atoms with van der Waals surface area (Å²) in [4.78, 5) is 24.0. The van der Waals surface area contributed by atoms with Gasteiger partial charge in [0.25, 0.3) is 0 Å². The number of hydrogen-bond acceptors (Lipinski definition) is 6. The van der Waals surface area contributed by atoms with E-state index >= 15 is 0 Å². The van der Waals surface area contributed by atoms with E-state index in [1.165, 1.54) is 13.3 Å². The zero-order chi connectivity index (χ0) is 21.1. The lowest BCUT2D eigenvalue weighted by Gasteiger charge is -2.11. The highest BCUT2D eigenvalue weighted by Crippen LogP contribution is 2.29. The van der Waals surface area contributed by atoms with Gasteiger partial charge in [-0.05, 0) is 31.2 Å². The van der Waals surface area contributed by atoms with E-state index in [9.17, 15) is 9.59 Å². The van der Waals surface area contributed by atoms with Gasteiger partial charge < -0.3 is 19.5 Å². The fourth-order valence-corrected chi connectivity index (χ4v) is 2.51. The summed E-state index contributed by atoms with van der Waals surface area (Å²) in [6.07, 6.45) is 1.48. The zero-order valence-corrected chi connectivity index (χ0v) is 16.7. The Labute approximate surface area is 169 Å². The van der Waals surface area contributed by atoms with Crippen molar-refractivity contribution < 1.29 is 23.8 Å². The quantitative estimate of drug-likeness (QED) is 0.473. The maximum absolute atomic E-state index is 12.1. The Hall–Kier alpha value is -3.55. The van der Waals surface area contributed by atoms with Gasteiger partial charge in [-0.2, -0.15) is 5.10 Å². The molecular formula is C21H25N3O5. The number of benzene rings is 2. The summed E-state index contributed by atoms with van der Waals surface area (Å²) in [5, 5.41) is 6.66. The number of hydrazone groups is 1. The third-order valence-corrected chi connectivity index (χ3v) is 3.87. The van der Waals surface area contributed by atoms with Crippen molar-refractivity contribution in [1.82, 2.24) is 5.43 Å². The minimum atomic E-state index is -0.378. The molecule has 0 saturated carbocycles. The van der Waals surface area contributed by atoms with Gasteiger partial charge in [0.15, 0.2) is 11.5 Å². The van der Waals surface area contributed by atoms with E-state index in [1.54, 1.807) is 49.6 Å². The van der Waals surface area contributed by atoms with Crippen molar-refractivity contribution in [2.75, 3.05) is 26.1 Å². The van der Waals surface area contributed by atoms with Gasteiger partial charge in [-0.25, -0.2) is 5.43 Å². The molecule has 0 aromatic heterocycles. The van der Waals surface area contributed by atoms with E-state index in [0.717, 1.165) is 0 Å². The monoisotopic (exact) mass is 399 g/mol. The van der Waals surface area contributed by atoms with E-state index in [-0.39, 0.29) is 24.7 Å². The first kappa shape index (κ1) is 21.7. The number of amides is 2. The Morgan fingerprint density at radius 2 is 1.66 bits per heavy atom. The second-order valence-electron chi connectivity index (χ2n) is 5.85. The molecule has 2 N–H and O–H groups in total. The lowest BCUT2D eigenvalue weighted by molar-refractivity contribution is -0.124. The molecule has 0 saturated heterocycles. The van der Waals surface area contributed by atoms with Crippen molar-refractivity contribution in [1.29, 1.82) is 0 Å². The molecule has 0 unspecified atom stereocenters. The minimum Gasteiger partial charge on any atom is -0.495 e. The molecule has 0 bridgehead atoms. The van der Waals surface area contributed by atoms with Gasteiger partial charge in [0.1, 0.15) is 5.75 Å². The number of anilines is 1. The van der Waals surface area contributed by atoms with Gasteiger partial charge in [0, 0.05) is 18.4 Å². The highest BCUT2D eigenvalue weighted by atomic mass is 16.5. The maximum atomic E-state index is 12.1. The molecule has 8 nitrogen and oxygen atoms in total. The van der Waals surface area contributed by atoms with E-state index in [0.29, 0.717) is 35.1 Å². The Morgan fingerprint density at radius 3 is 2.38 bits per heavy atom. The fourth-order valence-electron chi connectivity index (χ4n) is 2.51. The summed E-state index contributed by atoms with van der Waals surface area (Å²) in [5.41, 5.74) is 3.63. The van der Waals surface area contributed by atoms with Gasteiger partial charge in [0.2, 0.25) is 11.8 Å². The molecular weight excluding hydrogens is 374 g/mol. The average molecular weight is 399 g/mol. The van der Waals surface area contributed by atoms with E-state index in [2.05, 4.69) is 15.8 Å². The topological polar surface area (TPSA) is 98.2 Å². The Bertz CT molecular complexity index is 867. The third kappa shape index (κ3) is 6.53. The molecule has 0 heterocycles. The molecule has 0 aliphatic carbocycles. The van der Waals surface area contributed by atoms with Gasteiger partial charge in [0.05, 0.1) is 32.7 Å². The number of nitrogens with one attached hydrogen (secondary N) is 2. The van der Waals surface area contributed by atoms with Crippen molar-refractivity contribution in [2.24, 2.45) is 5.10 Å². The molecule has 0 aliphatic heterocycles. The number of ether oxygens (including phenoxy) is 3. The highest BCUT2D eigenvalue weighted by Gasteiger charge is 2.10. The molecule has 154 valence electrons. The van der Waals surface area contributed by atoms with Crippen molar-refractivity contribution in [3.8, 4) is 17.2 Å². The summed E-state index contributed by atoms with van der Waals surface area (Å²) < 4.78 is 16.0. The number of rotatable bonds is 10. The van der Waals surface area contributed by atoms with Crippen molar-refractivity contribution in [3.63, 3.8) is 0 Å². The first-order valence-corrected chi connectivity index (χ1v) is 9.13. The predicted octanol–water partition coefficient (Wildman–Crippen LogP) is 2.97. The van der Waals surface area contributed by atoms with Crippen LogP contribution in [0.2, 0.25) is 0 Å². The van der Waals surface area contributed by atoms with E-state index in [1.807, 2.05) is 6.92 Å². The number of hydrogen-bond donors (Lipinski definition) is 2. The normalized spacial score (nSPS) is 10.4. The van der Waals surface area contributed by atoms with Gasteiger partial charge in [-0.1, -0.05) is 18.2 Å². The Balaban J connectivity index is 1.86. The second kappa shape index (κ2) is 11.3. The predicted molar refractivity (Wildman–Crippen MR) is 111 cm³/mol. The molecule has 0 spiro atoms. The van der Waals surface area contributed by atoms with Crippen LogP contribution in [-0.2, 0) is 9.59 Å². The summed E-state index contributed by atoms with van der Waals surface area (Å²) in [5.74, 6) is 1.01. The Kier molecular flexibility index (Phi) is 8.50. The molecule has 2 aromatic carbocycles. The fraction of sp³-hybridized carbons (Fsp3) is 0.286. The summed E-state index contributed by atoms with van der Waals surface area (Å²) in [6, 6.07) is 12.4. The van der Waals surface area contributed by atoms with Crippen molar-refractivity contribution >= 4 is 23.7 Å². The summed E-state index contributed by atoms with van der Waals surface area (Å²) >= 11 is 0. The number of para-hydroxylation sites is 3. The van der Waals surface area contributed by atoms with Crippen LogP contribution in [-0.4, -0.2) is 38.9 Å². The largest absolute Gasteiger partial charge is 0.495 e. The van der Waals surface area contributed by atoms with Crippen LogP contribution in [0.3, 0.4) is 0 Å². The van der Waals surface area contributed by atoms with Crippen LogP contribution in [0.4, 0.5) is 5.69 Å². The second-order valence-corrected chi connectivity index (χ2v) is 5.85. The zero-order valence-electron chi connectivity index (χ0n) is 16.7. The maximum Gasteiger partial charge on any atom is 0.240 e. The SMILES string of the molecule is CCOc1c(C=NNC(=O)CCC(=O)Nc2ccccc2OC)cccc1OC. The smallest absolute Gasteiger partial charge is 0.240 e. The van der Waals surface area contributed by atoms with Crippen LogP contribution >= 0.6 is 0 Å². The number of carbonyl (C=O) groups excluding carboxylic acids is 2. The van der Waals surface area contributed by atoms with E-state index < -0.39 is 0 Å². The highest BCUT2D eigenvalue weighted by molar-refractivity contribution is 5.94. The molecule has 2 amide bonds. The molecule has 0 fully saturated rings. The van der Waals surface area contributed by atoms with Crippen molar-refractivity contribution in [2.45, 2.75) is 19.8 Å². The Morgan fingerprint density at radius 1 is 0.966 bits per heavy atom. The first-order chi connectivity index (χ1) is 14.1. The number of methoxy groups -OCH3 is 2. The molecule has 0 aliphatic rings. The van der Waals surface area contributed by atoms with Crippen LogP contribution in [0.25, 0.3) is 0 Å². The van der Waals surface area contributed by atoms with E-state index in [4.69, 9.17) is 14.2 Å². The molecule has 0 atom stereocenters. The molecule has 0 radical (unpaired) electrons. The van der Waals surface area contributed by atoms with Crippen LogP contribution in [0.15, 0.2) is 47.6 Å². The lowest BCUT2D eigenvalue weighted by atomic mass is 10.2. The third-order valence-electron chi connectivity index (χ3n) is 3.87. The van der Waals surface area contributed by atoms with Gasteiger partial charge in [-0.15, -0.1) is 0 Å². The number of carbonyl (C=O) groups is 2. The summed E-state index contributed by atoms with van der Waals surface area (Å²) in [7, 11) is 3.08. The first-order valence-electron chi connectivity index (χ1n) is 9.13. The standard InChI is InChI=1S/C21H25N3O5/c1-4-29-21-15(8-7-11-18(21)28-3)14-22-24-20(26)13-12-19(25)23-16-9-5-6-10-17(16)27-2/h5-11,14H,4,12-13H2,1-3H3,(H,23,25)(H,24,26). The minimum absolute atomic E-state index is 0.00521. The van der Waals surface area contributed by atoms with Crippen LogP contribution in [0, 0.1) is 0 Å². The van der Waals surface area contributed by atoms with Gasteiger partial charge in [-0.3, -0.25) is 9.59 Å².